The van der Waals surface area contributed by atoms with E-state index in [1.54, 1.807) is 0 Å². The van der Waals surface area contributed by atoms with Crippen molar-refractivity contribution in [2.75, 3.05) is 26.2 Å². The molecule has 1 fully saturated rings. The monoisotopic (exact) mass is 290 g/mol. The van der Waals surface area contributed by atoms with Crippen LogP contribution in [0.2, 0.25) is 0 Å². The maximum Gasteiger partial charge on any atom is 0.119 e. The zero-order valence-electron chi connectivity index (χ0n) is 13.8. The molecular weight excluding hydrogens is 260 g/mol. The van der Waals surface area contributed by atoms with Gasteiger partial charge in [-0.05, 0) is 62.4 Å². The van der Waals surface area contributed by atoms with E-state index < -0.39 is 0 Å². The first-order chi connectivity index (χ1) is 10.00. The average Bonchev–Trinajstić information content (AvgIpc) is 2.61. The van der Waals surface area contributed by atoms with Crippen LogP contribution in [0.25, 0.3) is 0 Å². The van der Waals surface area contributed by atoms with Crippen molar-refractivity contribution in [3.8, 4) is 5.75 Å². The molecule has 0 aromatic heterocycles. The van der Waals surface area contributed by atoms with Crippen molar-refractivity contribution in [2.24, 2.45) is 11.1 Å². The topological polar surface area (TPSA) is 38.5 Å². The predicted molar refractivity (Wildman–Crippen MR) is 88.6 cm³/mol. The number of nitrogens with two attached hydrogens (primary N) is 1. The summed E-state index contributed by atoms with van der Waals surface area (Å²) in [6.45, 7) is 10.7. The Morgan fingerprint density at radius 3 is 2.57 bits per heavy atom. The molecule has 0 spiro atoms. The number of hydrogen-bond acceptors (Lipinski definition) is 3. The highest BCUT2D eigenvalue weighted by molar-refractivity contribution is 5.29. The van der Waals surface area contributed by atoms with E-state index in [-0.39, 0.29) is 6.04 Å². The minimum atomic E-state index is 0.0851. The standard InChI is InChI=1S/C18H30N2O/c1-4-21-16-8-6-15(7-9-16)17(19)14-20-12-5-10-18(2,3)11-13-20/h6-9,17H,4-5,10-14,19H2,1-3H3. The first-order valence-corrected chi connectivity index (χ1v) is 8.21. The van der Waals surface area contributed by atoms with Gasteiger partial charge in [0.1, 0.15) is 5.75 Å². The molecule has 21 heavy (non-hydrogen) atoms. The van der Waals surface area contributed by atoms with Crippen molar-refractivity contribution in [2.45, 2.75) is 46.1 Å². The van der Waals surface area contributed by atoms with Crippen LogP contribution in [0, 0.1) is 5.41 Å². The molecule has 1 aliphatic heterocycles. The fraction of sp³-hybridized carbons (Fsp3) is 0.667. The lowest BCUT2D eigenvalue weighted by Crippen LogP contribution is -2.33. The van der Waals surface area contributed by atoms with Gasteiger partial charge in [0.15, 0.2) is 0 Å². The highest BCUT2D eigenvalue weighted by atomic mass is 16.5. The van der Waals surface area contributed by atoms with Gasteiger partial charge in [-0.2, -0.15) is 0 Å². The second-order valence-corrected chi connectivity index (χ2v) is 6.93. The first kappa shape index (κ1) is 16.3. The predicted octanol–water partition coefficient (Wildman–Crippen LogP) is 3.60. The van der Waals surface area contributed by atoms with Crippen molar-refractivity contribution in [1.82, 2.24) is 4.90 Å². The second kappa shape index (κ2) is 7.28. The van der Waals surface area contributed by atoms with E-state index in [1.807, 2.05) is 19.1 Å². The third-order valence-electron chi connectivity index (χ3n) is 4.51. The molecule has 2 rings (SSSR count). The molecule has 3 heteroatoms. The van der Waals surface area contributed by atoms with Crippen LogP contribution in [0.15, 0.2) is 24.3 Å². The lowest BCUT2D eigenvalue weighted by Gasteiger charge is -2.25. The van der Waals surface area contributed by atoms with Gasteiger partial charge in [-0.25, -0.2) is 0 Å². The largest absolute Gasteiger partial charge is 0.494 e. The maximum absolute atomic E-state index is 6.39. The van der Waals surface area contributed by atoms with Gasteiger partial charge in [0.25, 0.3) is 0 Å². The van der Waals surface area contributed by atoms with Crippen molar-refractivity contribution in [3.63, 3.8) is 0 Å². The summed E-state index contributed by atoms with van der Waals surface area (Å²) < 4.78 is 5.48. The lowest BCUT2D eigenvalue weighted by molar-refractivity contribution is 0.250. The van der Waals surface area contributed by atoms with Crippen molar-refractivity contribution in [1.29, 1.82) is 0 Å². The van der Waals surface area contributed by atoms with Crippen LogP contribution >= 0.6 is 0 Å². The van der Waals surface area contributed by atoms with Crippen LogP contribution in [0.4, 0.5) is 0 Å². The normalized spacial score (nSPS) is 20.8. The van der Waals surface area contributed by atoms with Crippen LogP contribution in [0.5, 0.6) is 5.75 Å². The van der Waals surface area contributed by atoms with Gasteiger partial charge in [-0.3, -0.25) is 0 Å². The molecule has 1 atom stereocenters. The fourth-order valence-corrected chi connectivity index (χ4v) is 3.02. The molecule has 118 valence electrons. The Morgan fingerprint density at radius 2 is 1.90 bits per heavy atom. The average molecular weight is 290 g/mol. The summed E-state index contributed by atoms with van der Waals surface area (Å²) in [4.78, 5) is 2.52. The number of benzene rings is 1. The van der Waals surface area contributed by atoms with Crippen LogP contribution in [0.3, 0.4) is 0 Å². The van der Waals surface area contributed by atoms with E-state index >= 15 is 0 Å². The molecule has 0 aliphatic carbocycles. The van der Waals surface area contributed by atoms with Crippen LogP contribution in [0.1, 0.15) is 51.6 Å². The minimum absolute atomic E-state index is 0.0851. The third-order valence-corrected chi connectivity index (χ3v) is 4.51. The zero-order valence-corrected chi connectivity index (χ0v) is 13.8. The Morgan fingerprint density at radius 1 is 1.19 bits per heavy atom. The molecule has 0 bridgehead atoms. The van der Waals surface area contributed by atoms with E-state index in [0.29, 0.717) is 12.0 Å². The molecule has 3 nitrogen and oxygen atoms in total. The molecule has 1 unspecified atom stereocenters. The number of hydrogen-bond donors (Lipinski definition) is 1. The van der Waals surface area contributed by atoms with Crippen LogP contribution in [-0.4, -0.2) is 31.1 Å². The number of likely N-dealkylation sites (tertiary alicyclic amines) is 1. The molecule has 0 amide bonds. The summed E-state index contributed by atoms with van der Waals surface area (Å²) in [6.07, 6.45) is 3.87. The van der Waals surface area contributed by atoms with E-state index in [9.17, 15) is 0 Å². The third kappa shape index (κ3) is 5.01. The quantitative estimate of drug-likeness (QED) is 0.900. The Hall–Kier alpha value is -1.06. The SMILES string of the molecule is CCOc1ccc(C(N)CN2CCCC(C)(C)CC2)cc1. The van der Waals surface area contributed by atoms with Gasteiger partial charge in [-0.15, -0.1) is 0 Å². The van der Waals surface area contributed by atoms with E-state index in [0.717, 1.165) is 18.8 Å². The summed E-state index contributed by atoms with van der Waals surface area (Å²) >= 11 is 0. The van der Waals surface area contributed by atoms with Gasteiger partial charge < -0.3 is 15.4 Å². The molecule has 1 saturated heterocycles. The molecule has 1 aliphatic rings. The Kier molecular flexibility index (Phi) is 5.65. The van der Waals surface area contributed by atoms with E-state index in [4.69, 9.17) is 10.5 Å². The zero-order chi connectivity index (χ0) is 15.3. The van der Waals surface area contributed by atoms with Gasteiger partial charge in [0, 0.05) is 12.6 Å². The number of nitrogens with zero attached hydrogens (tertiary/aromatic N) is 1. The Labute approximate surface area is 129 Å². The maximum atomic E-state index is 6.39. The number of ether oxygens (including phenoxy) is 1. The summed E-state index contributed by atoms with van der Waals surface area (Å²) in [5.74, 6) is 0.921. The minimum Gasteiger partial charge on any atom is -0.494 e. The molecular formula is C18H30N2O. The first-order valence-electron chi connectivity index (χ1n) is 8.21. The molecule has 0 saturated carbocycles. The fourth-order valence-electron chi connectivity index (χ4n) is 3.02. The van der Waals surface area contributed by atoms with E-state index in [1.165, 1.54) is 31.4 Å². The highest BCUT2D eigenvalue weighted by Crippen LogP contribution is 2.30. The molecule has 1 aromatic rings. The number of rotatable bonds is 5. The Balaban J connectivity index is 1.89. The van der Waals surface area contributed by atoms with Gasteiger partial charge in [-0.1, -0.05) is 26.0 Å². The van der Waals surface area contributed by atoms with Gasteiger partial charge in [0.05, 0.1) is 6.61 Å². The second-order valence-electron chi connectivity index (χ2n) is 6.93. The van der Waals surface area contributed by atoms with Crippen molar-refractivity contribution in [3.05, 3.63) is 29.8 Å². The summed E-state index contributed by atoms with van der Waals surface area (Å²) in [5.41, 5.74) is 8.07. The Bertz CT molecular complexity index is 427. The van der Waals surface area contributed by atoms with Crippen LogP contribution in [-0.2, 0) is 0 Å². The smallest absolute Gasteiger partial charge is 0.119 e. The van der Waals surface area contributed by atoms with Gasteiger partial charge >= 0.3 is 0 Å². The van der Waals surface area contributed by atoms with Crippen LogP contribution < -0.4 is 10.5 Å². The van der Waals surface area contributed by atoms with Crippen molar-refractivity contribution < 1.29 is 4.74 Å². The van der Waals surface area contributed by atoms with Gasteiger partial charge in [0.2, 0.25) is 0 Å². The summed E-state index contributed by atoms with van der Waals surface area (Å²) in [5, 5.41) is 0. The molecule has 1 aromatic carbocycles. The highest BCUT2D eigenvalue weighted by Gasteiger charge is 2.23. The molecule has 2 N–H and O–H groups in total. The van der Waals surface area contributed by atoms with E-state index in [2.05, 4.69) is 30.9 Å². The summed E-state index contributed by atoms with van der Waals surface area (Å²) in [7, 11) is 0. The summed E-state index contributed by atoms with van der Waals surface area (Å²) in [6, 6.07) is 8.31. The lowest BCUT2D eigenvalue weighted by atomic mass is 9.85. The van der Waals surface area contributed by atoms with Crippen molar-refractivity contribution >= 4 is 0 Å². The molecule has 0 radical (unpaired) electrons. The molecule has 1 heterocycles.